The highest BCUT2D eigenvalue weighted by atomic mass is 32.1. The Morgan fingerprint density at radius 3 is 2.09 bits per heavy atom. The molecule has 1 aromatic carbocycles. The van der Waals surface area contributed by atoms with Gasteiger partial charge in [0.2, 0.25) is 0 Å². The van der Waals surface area contributed by atoms with Gasteiger partial charge in [-0.1, -0.05) is 12.1 Å². The molecule has 0 spiro atoms. The molecular formula is C22H20N8O3S. The summed E-state index contributed by atoms with van der Waals surface area (Å²) in [4.78, 5) is 54.6. The average Bonchev–Trinajstić information content (AvgIpc) is 3.44. The second-order valence-electron chi connectivity index (χ2n) is 7.24. The SMILES string of the molecule is Cc1nc2ccccc2c(=O)[nH]1.Cc1nc2cn[nH]c2c(=O)[nH]1.Cc1nc2sccc2c(=O)[nH]1. The summed E-state index contributed by atoms with van der Waals surface area (Å²) in [6.45, 7) is 5.28. The summed E-state index contributed by atoms with van der Waals surface area (Å²) >= 11 is 1.48. The molecule has 5 aromatic heterocycles. The zero-order chi connectivity index (χ0) is 24.2. The first-order chi connectivity index (χ1) is 16.3. The van der Waals surface area contributed by atoms with E-state index < -0.39 is 0 Å². The van der Waals surface area contributed by atoms with Crippen molar-refractivity contribution < 1.29 is 0 Å². The lowest BCUT2D eigenvalue weighted by Crippen LogP contribution is -2.09. The van der Waals surface area contributed by atoms with E-state index in [4.69, 9.17) is 0 Å². The van der Waals surface area contributed by atoms with Gasteiger partial charge in [-0.2, -0.15) is 5.10 Å². The van der Waals surface area contributed by atoms with Crippen LogP contribution >= 0.6 is 11.3 Å². The van der Waals surface area contributed by atoms with Gasteiger partial charge in [0, 0.05) is 0 Å². The Kier molecular flexibility index (Phi) is 6.41. The number of rotatable bonds is 0. The summed E-state index contributed by atoms with van der Waals surface area (Å²) in [5.74, 6) is 1.92. The summed E-state index contributed by atoms with van der Waals surface area (Å²) in [6, 6.07) is 9.08. The molecule has 0 aliphatic carbocycles. The highest BCUT2D eigenvalue weighted by molar-refractivity contribution is 7.16. The number of hydrogen-bond donors (Lipinski definition) is 4. The maximum Gasteiger partial charge on any atom is 0.276 e. The molecule has 34 heavy (non-hydrogen) atoms. The lowest BCUT2D eigenvalue weighted by atomic mass is 10.2. The summed E-state index contributed by atoms with van der Waals surface area (Å²) < 4.78 is 0. The number of nitrogens with zero attached hydrogens (tertiary/aromatic N) is 4. The summed E-state index contributed by atoms with van der Waals surface area (Å²) in [6.07, 6.45) is 1.53. The molecule has 12 heteroatoms. The lowest BCUT2D eigenvalue weighted by Gasteiger charge is -1.95. The fraction of sp³-hybridized carbons (Fsp3) is 0.136. The monoisotopic (exact) mass is 476 g/mol. The van der Waals surface area contributed by atoms with E-state index in [0.29, 0.717) is 39.3 Å². The van der Waals surface area contributed by atoms with Crippen LogP contribution in [0.3, 0.4) is 0 Å². The Bertz CT molecular complexity index is 1690. The van der Waals surface area contributed by atoms with Crippen molar-refractivity contribution in [2.75, 3.05) is 0 Å². The van der Waals surface area contributed by atoms with Gasteiger partial charge in [-0.05, 0) is 44.4 Å². The van der Waals surface area contributed by atoms with Crippen LogP contribution in [0, 0.1) is 20.8 Å². The summed E-state index contributed by atoms with van der Waals surface area (Å²) in [5.41, 5.74) is 1.48. The third kappa shape index (κ3) is 4.96. The van der Waals surface area contributed by atoms with Crippen molar-refractivity contribution in [3.05, 3.63) is 90.4 Å². The van der Waals surface area contributed by atoms with Crippen LogP contribution in [-0.2, 0) is 0 Å². The van der Waals surface area contributed by atoms with Crippen LogP contribution in [0.25, 0.3) is 32.2 Å². The van der Waals surface area contributed by atoms with E-state index in [2.05, 4.69) is 40.1 Å². The summed E-state index contributed by atoms with van der Waals surface area (Å²) in [7, 11) is 0. The Hall–Kier alpha value is -4.45. The van der Waals surface area contributed by atoms with E-state index >= 15 is 0 Å². The first-order valence-electron chi connectivity index (χ1n) is 10.1. The molecule has 0 aliphatic heterocycles. The number of benzene rings is 1. The molecule has 172 valence electrons. The highest BCUT2D eigenvalue weighted by Crippen LogP contribution is 2.13. The zero-order valence-corrected chi connectivity index (χ0v) is 19.3. The standard InChI is InChI=1S/C9H8N2O.C7H6N2OS.C6H6N4O/c1-6-10-8-5-3-2-4-7(8)9(12)11-6;1-4-8-6(10)5-2-3-11-7(5)9-4;1-3-8-4-2-7-10-5(4)6(11)9-3/h2-5H,1H3,(H,10,11,12);2-3H,1H3,(H,8,9,10);2H,1H3,(H,7,10)(H,8,9,11). The molecule has 5 heterocycles. The van der Waals surface area contributed by atoms with Crippen LogP contribution in [0.15, 0.2) is 56.3 Å². The zero-order valence-electron chi connectivity index (χ0n) is 18.5. The summed E-state index contributed by atoms with van der Waals surface area (Å²) in [5, 5.41) is 9.44. The van der Waals surface area contributed by atoms with Gasteiger partial charge in [0.15, 0.2) is 0 Å². The smallest absolute Gasteiger partial charge is 0.276 e. The first-order valence-corrected chi connectivity index (χ1v) is 11.0. The molecule has 0 unspecified atom stereocenters. The number of aromatic nitrogens is 8. The van der Waals surface area contributed by atoms with Gasteiger partial charge in [0.1, 0.15) is 33.3 Å². The van der Waals surface area contributed by atoms with Crippen LogP contribution in [0.1, 0.15) is 17.5 Å². The normalized spacial score (nSPS) is 10.6. The fourth-order valence-corrected chi connectivity index (χ4v) is 3.95. The van der Waals surface area contributed by atoms with E-state index in [-0.39, 0.29) is 16.7 Å². The fourth-order valence-electron chi connectivity index (χ4n) is 3.14. The van der Waals surface area contributed by atoms with Crippen molar-refractivity contribution in [1.29, 1.82) is 0 Å². The minimum absolute atomic E-state index is 0.0475. The minimum atomic E-state index is -0.176. The Morgan fingerprint density at radius 1 is 0.706 bits per heavy atom. The van der Waals surface area contributed by atoms with Crippen molar-refractivity contribution in [3.8, 4) is 0 Å². The van der Waals surface area contributed by atoms with E-state index in [9.17, 15) is 14.4 Å². The number of para-hydroxylation sites is 1. The Balaban J connectivity index is 0.000000121. The number of hydrogen-bond acceptors (Lipinski definition) is 8. The number of H-pyrrole nitrogens is 4. The van der Waals surface area contributed by atoms with Gasteiger partial charge in [-0.15, -0.1) is 11.3 Å². The molecule has 6 aromatic rings. The van der Waals surface area contributed by atoms with Gasteiger partial charge in [0.05, 0.1) is 22.5 Å². The largest absolute Gasteiger partial charge is 0.310 e. The molecule has 0 atom stereocenters. The molecule has 4 N–H and O–H groups in total. The first kappa shape index (κ1) is 22.7. The minimum Gasteiger partial charge on any atom is -0.310 e. The highest BCUT2D eigenvalue weighted by Gasteiger charge is 2.01. The topological polar surface area (TPSA) is 166 Å². The van der Waals surface area contributed by atoms with Crippen LogP contribution in [0.2, 0.25) is 0 Å². The van der Waals surface area contributed by atoms with Crippen LogP contribution in [-0.4, -0.2) is 40.1 Å². The van der Waals surface area contributed by atoms with Crippen LogP contribution < -0.4 is 16.7 Å². The molecule has 0 radical (unpaired) electrons. The second-order valence-corrected chi connectivity index (χ2v) is 8.14. The predicted molar refractivity (Wildman–Crippen MR) is 131 cm³/mol. The third-order valence-corrected chi connectivity index (χ3v) is 5.42. The lowest BCUT2D eigenvalue weighted by molar-refractivity contribution is 1.05. The van der Waals surface area contributed by atoms with E-state index in [1.807, 2.05) is 23.6 Å². The predicted octanol–water partition coefficient (Wildman–Crippen LogP) is 2.48. The molecular weight excluding hydrogens is 456 g/mol. The molecule has 0 saturated carbocycles. The van der Waals surface area contributed by atoms with Crippen LogP contribution in [0.4, 0.5) is 0 Å². The number of nitrogens with one attached hydrogen (secondary N) is 4. The maximum absolute atomic E-state index is 11.3. The molecule has 0 aliphatic rings. The molecule has 0 amide bonds. The van der Waals surface area contributed by atoms with Crippen molar-refractivity contribution >= 4 is 43.5 Å². The molecule has 0 bridgehead atoms. The van der Waals surface area contributed by atoms with E-state index in [0.717, 1.165) is 10.3 Å². The third-order valence-electron chi connectivity index (χ3n) is 4.61. The van der Waals surface area contributed by atoms with Gasteiger partial charge in [-0.25, -0.2) is 15.0 Å². The quantitative estimate of drug-likeness (QED) is 0.261. The van der Waals surface area contributed by atoms with Crippen molar-refractivity contribution in [1.82, 2.24) is 40.1 Å². The van der Waals surface area contributed by atoms with Crippen LogP contribution in [0.5, 0.6) is 0 Å². The Morgan fingerprint density at radius 2 is 1.32 bits per heavy atom. The second kappa shape index (κ2) is 9.58. The van der Waals surface area contributed by atoms with Crippen molar-refractivity contribution in [3.63, 3.8) is 0 Å². The molecule has 0 saturated heterocycles. The van der Waals surface area contributed by atoms with Crippen molar-refractivity contribution in [2.45, 2.75) is 20.8 Å². The van der Waals surface area contributed by atoms with Crippen molar-refractivity contribution in [2.24, 2.45) is 0 Å². The molecule has 11 nitrogen and oxygen atoms in total. The van der Waals surface area contributed by atoms with E-state index in [1.165, 1.54) is 17.5 Å². The number of thiophene rings is 1. The number of fused-ring (bicyclic) bond motifs is 3. The number of aromatic amines is 4. The Labute approximate surface area is 195 Å². The maximum atomic E-state index is 11.3. The molecule has 0 fully saturated rings. The average molecular weight is 477 g/mol. The molecule has 6 rings (SSSR count). The van der Waals surface area contributed by atoms with Gasteiger partial charge in [-0.3, -0.25) is 19.5 Å². The van der Waals surface area contributed by atoms with Gasteiger partial charge in [0.25, 0.3) is 16.7 Å². The van der Waals surface area contributed by atoms with Gasteiger partial charge >= 0.3 is 0 Å². The van der Waals surface area contributed by atoms with E-state index in [1.54, 1.807) is 32.9 Å². The van der Waals surface area contributed by atoms with Gasteiger partial charge < -0.3 is 15.0 Å². The number of aryl methyl sites for hydroxylation is 3.